The van der Waals surface area contributed by atoms with E-state index in [-0.39, 0.29) is 23.8 Å². The Bertz CT molecular complexity index is 379. The minimum absolute atomic E-state index is 0.0561. The highest BCUT2D eigenvalue weighted by molar-refractivity contribution is 9.10. The average Bonchev–Trinajstić information content (AvgIpc) is 2.22. The summed E-state index contributed by atoms with van der Waals surface area (Å²) in [5.74, 6) is 0.0150. The Hall–Kier alpha value is -1.07. The second-order valence-electron chi connectivity index (χ2n) is 2.93. The topological polar surface area (TPSA) is 58.6 Å². The van der Waals surface area contributed by atoms with Crippen molar-refractivity contribution in [2.24, 2.45) is 0 Å². The number of hydrogen-bond donors (Lipinski definition) is 2. The van der Waals surface area contributed by atoms with E-state index in [1.807, 2.05) is 0 Å². The Morgan fingerprint density at radius 3 is 2.80 bits per heavy atom. The van der Waals surface area contributed by atoms with Gasteiger partial charge in [0, 0.05) is 0 Å². The number of aromatic hydroxyl groups is 1. The predicted molar refractivity (Wildman–Crippen MR) is 60.6 cm³/mol. The third kappa shape index (κ3) is 2.49. The molecule has 0 heterocycles. The van der Waals surface area contributed by atoms with Gasteiger partial charge in [-0.2, -0.15) is 0 Å². The fourth-order valence-corrected chi connectivity index (χ4v) is 1.54. The molecule has 82 valence electrons. The lowest BCUT2D eigenvalue weighted by molar-refractivity contribution is 0.0990. The van der Waals surface area contributed by atoms with Crippen LogP contribution in [0.1, 0.15) is 10.4 Å². The van der Waals surface area contributed by atoms with Crippen LogP contribution in [0.5, 0.6) is 11.5 Å². The molecule has 0 bridgehead atoms. The number of rotatable bonds is 4. The lowest BCUT2D eigenvalue weighted by Crippen LogP contribution is -2.19. The lowest BCUT2D eigenvalue weighted by Gasteiger charge is -2.10. The number of methoxy groups -OCH3 is 1. The molecule has 0 saturated heterocycles. The van der Waals surface area contributed by atoms with Gasteiger partial charge in [-0.15, -0.1) is 0 Å². The molecule has 0 radical (unpaired) electrons. The highest BCUT2D eigenvalue weighted by atomic mass is 79.9. The quantitative estimate of drug-likeness (QED) is 0.818. The van der Waals surface area contributed by atoms with Crippen LogP contribution >= 0.6 is 15.9 Å². The van der Waals surface area contributed by atoms with Crippen LogP contribution in [-0.2, 0) is 0 Å². The van der Waals surface area contributed by atoms with Crippen molar-refractivity contribution >= 4 is 21.7 Å². The van der Waals surface area contributed by atoms with Crippen molar-refractivity contribution in [3.8, 4) is 11.5 Å². The Balaban J connectivity index is 3.18. The van der Waals surface area contributed by atoms with Gasteiger partial charge in [0.15, 0.2) is 17.3 Å². The van der Waals surface area contributed by atoms with E-state index in [0.717, 1.165) is 0 Å². The zero-order valence-corrected chi connectivity index (χ0v) is 10.1. The molecule has 0 aromatic heterocycles. The van der Waals surface area contributed by atoms with Crippen molar-refractivity contribution in [2.75, 3.05) is 20.7 Å². The van der Waals surface area contributed by atoms with Crippen molar-refractivity contribution < 1.29 is 14.6 Å². The predicted octanol–water partition coefficient (Wildman–Crippen LogP) is 1.57. The number of Topliss-reactive ketones (excluding diaryl/α,β-unsaturated/α-hetero) is 1. The van der Waals surface area contributed by atoms with Gasteiger partial charge in [0.25, 0.3) is 0 Å². The maximum atomic E-state index is 11.6. The normalized spacial score (nSPS) is 10.1. The number of phenols is 1. The molecule has 0 unspecified atom stereocenters. The van der Waals surface area contributed by atoms with E-state index in [1.165, 1.54) is 7.11 Å². The molecule has 1 aromatic rings. The van der Waals surface area contributed by atoms with E-state index < -0.39 is 0 Å². The second kappa shape index (κ2) is 5.14. The first-order chi connectivity index (χ1) is 7.11. The SMILES string of the molecule is CNCC(=O)c1ccc(Br)c(O)c1OC. The molecule has 4 nitrogen and oxygen atoms in total. The summed E-state index contributed by atoms with van der Waals surface area (Å²) in [5, 5.41) is 12.4. The molecule has 0 atom stereocenters. The Labute approximate surface area is 96.4 Å². The summed E-state index contributed by atoms with van der Waals surface area (Å²) < 4.78 is 5.50. The van der Waals surface area contributed by atoms with Crippen molar-refractivity contribution in [1.82, 2.24) is 5.32 Å². The molecule has 0 aliphatic rings. The van der Waals surface area contributed by atoms with Gasteiger partial charge in [-0.3, -0.25) is 4.79 Å². The van der Waals surface area contributed by atoms with Gasteiger partial charge in [-0.25, -0.2) is 0 Å². The molecule has 0 amide bonds. The molecule has 0 aliphatic heterocycles. The molecule has 0 spiro atoms. The number of phenolic OH excluding ortho intramolecular Hbond substituents is 1. The molecule has 2 N–H and O–H groups in total. The summed E-state index contributed by atoms with van der Waals surface area (Å²) in [6, 6.07) is 3.23. The van der Waals surface area contributed by atoms with Gasteiger partial charge in [0.05, 0.1) is 23.7 Å². The van der Waals surface area contributed by atoms with Crippen LogP contribution in [0.25, 0.3) is 0 Å². The fraction of sp³-hybridized carbons (Fsp3) is 0.300. The number of ether oxygens (including phenoxy) is 1. The van der Waals surface area contributed by atoms with Crippen LogP contribution in [-0.4, -0.2) is 31.6 Å². The Kier molecular flexibility index (Phi) is 4.11. The number of nitrogens with one attached hydrogen (secondary N) is 1. The van der Waals surface area contributed by atoms with E-state index in [4.69, 9.17) is 4.74 Å². The summed E-state index contributed by atoms with van der Waals surface area (Å²) in [6.45, 7) is 0.206. The third-order valence-electron chi connectivity index (χ3n) is 1.92. The van der Waals surface area contributed by atoms with Gasteiger partial charge in [-0.1, -0.05) is 0 Å². The second-order valence-corrected chi connectivity index (χ2v) is 3.78. The average molecular weight is 274 g/mol. The number of carbonyl (C=O) groups excluding carboxylic acids is 1. The minimum atomic E-state index is -0.128. The summed E-state index contributed by atoms with van der Waals surface area (Å²) in [4.78, 5) is 11.6. The van der Waals surface area contributed by atoms with Crippen molar-refractivity contribution in [3.05, 3.63) is 22.2 Å². The molecule has 5 heteroatoms. The molecular formula is C10H12BrNO3. The number of likely N-dealkylation sites (N-methyl/N-ethyl adjacent to an activating group) is 1. The summed E-state index contributed by atoms with van der Waals surface area (Å²) in [6.07, 6.45) is 0. The zero-order chi connectivity index (χ0) is 11.4. The largest absolute Gasteiger partial charge is 0.503 e. The molecule has 0 saturated carbocycles. The minimum Gasteiger partial charge on any atom is -0.503 e. The van der Waals surface area contributed by atoms with E-state index in [0.29, 0.717) is 10.0 Å². The van der Waals surface area contributed by atoms with Gasteiger partial charge < -0.3 is 15.2 Å². The van der Waals surface area contributed by atoms with Gasteiger partial charge in [0.2, 0.25) is 0 Å². The standard InChI is InChI=1S/C10H12BrNO3/c1-12-5-8(13)6-3-4-7(11)9(14)10(6)15-2/h3-4,12,14H,5H2,1-2H3. The zero-order valence-electron chi connectivity index (χ0n) is 8.50. The van der Waals surface area contributed by atoms with Crippen LogP contribution in [0.2, 0.25) is 0 Å². The number of benzene rings is 1. The first kappa shape index (κ1) is 12.0. The first-order valence-electron chi connectivity index (χ1n) is 4.35. The summed E-state index contributed by atoms with van der Waals surface area (Å²) in [5.41, 5.74) is 0.368. The molecular weight excluding hydrogens is 262 g/mol. The van der Waals surface area contributed by atoms with Crippen molar-refractivity contribution in [1.29, 1.82) is 0 Å². The van der Waals surface area contributed by atoms with Crippen molar-refractivity contribution in [2.45, 2.75) is 0 Å². The molecule has 0 aliphatic carbocycles. The number of halogens is 1. The first-order valence-corrected chi connectivity index (χ1v) is 5.14. The lowest BCUT2D eigenvalue weighted by atomic mass is 10.1. The van der Waals surface area contributed by atoms with Crippen LogP contribution in [0.15, 0.2) is 16.6 Å². The summed E-state index contributed by atoms with van der Waals surface area (Å²) >= 11 is 3.15. The van der Waals surface area contributed by atoms with Crippen LogP contribution in [0.4, 0.5) is 0 Å². The van der Waals surface area contributed by atoms with Gasteiger partial charge >= 0.3 is 0 Å². The van der Waals surface area contributed by atoms with E-state index in [2.05, 4.69) is 21.2 Å². The third-order valence-corrected chi connectivity index (χ3v) is 2.56. The smallest absolute Gasteiger partial charge is 0.180 e. The Morgan fingerprint density at radius 1 is 1.60 bits per heavy atom. The van der Waals surface area contributed by atoms with Crippen molar-refractivity contribution in [3.63, 3.8) is 0 Å². The number of hydrogen-bond acceptors (Lipinski definition) is 4. The maximum Gasteiger partial charge on any atom is 0.180 e. The van der Waals surface area contributed by atoms with Gasteiger partial charge in [0.1, 0.15) is 0 Å². The van der Waals surface area contributed by atoms with E-state index in [9.17, 15) is 9.90 Å². The fourth-order valence-electron chi connectivity index (χ4n) is 1.23. The highest BCUT2D eigenvalue weighted by Crippen LogP contribution is 2.36. The van der Waals surface area contributed by atoms with E-state index >= 15 is 0 Å². The number of carbonyl (C=O) groups is 1. The van der Waals surface area contributed by atoms with Gasteiger partial charge in [-0.05, 0) is 35.1 Å². The van der Waals surface area contributed by atoms with Crippen LogP contribution in [0.3, 0.4) is 0 Å². The molecule has 1 aromatic carbocycles. The molecule has 15 heavy (non-hydrogen) atoms. The monoisotopic (exact) mass is 273 g/mol. The molecule has 0 fully saturated rings. The van der Waals surface area contributed by atoms with Crippen LogP contribution < -0.4 is 10.1 Å². The van der Waals surface area contributed by atoms with E-state index in [1.54, 1.807) is 19.2 Å². The van der Waals surface area contributed by atoms with Crippen LogP contribution in [0, 0.1) is 0 Å². The highest BCUT2D eigenvalue weighted by Gasteiger charge is 2.16. The summed E-state index contributed by atoms with van der Waals surface area (Å²) in [7, 11) is 3.10. The number of ketones is 1. The maximum absolute atomic E-state index is 11.6. The molecule has 1 rings (SSSR count). The Morgan fingerprint density at radius 2 is 2.27 bits per heavy atom.